The molecule has 2 aromatic rings. The molecule has 0 radical (unpaired) electrons. The largest absolute Gasteiger partial charge is 0.352 e. The van der Waals surface area contributed by atoms with E-state index in [1.807, 2.05) is 36.4 Å². The third-order valence-corrected chi connectivity index (χ3v) is 3.77. The first-order chi connectivity index (χ1) is 10.8. The van der Waals surface area contributed by atoms with Crippen LogP contribution in [0, 0.1) is 0 Å². The zero-order valence-electron chi connectivity index (χ0n) is 12.4. The summed E-state index contributed by atoms with van der Waals surface area (Å²) in [6, 6.07) is 15.9. The standard InChI is InChI=1S/C18H19N3O/c19-10-3-11-20-18(22)14-8-6-13(7-9-14)17-16-5-2-1-4-15(16)12-21-17/h1-2,4-9H,3,10-12,19H2,(H,20,22). The summed E-state index contributed by atoms with van der Waals surface area (Å²) in [5.74, 6) is -0.0613. The van der Waals surface area contributed by atoms with Crippen LogP contribution in [0.2, 0.25) is 0 Å². The molecule has 1 amide bonds. The Morgan fingerprint density at radius 1 is 1.14 bits per heavy atom. The maximum Gasteiger partial charge on any atom is 0.251 e. The van der Waals surface area contributed by atoms with Crippen molar-refractivity contribution in [2.45, 2.75) is 13.0 Å². The maximum absolute atomic E-state index is 12.0. The Morgan fingerprint density at radius 3 is 2.68 bits per heavy atom. The fraction of sp³-hybridized carbons (Fsp3) is 0.222. The summed E-state index contributed by atoms with van der Waals surface area (Å²) in [6.45, 7) is 1.92. The highest BCUT2D eigenvalue weighted by molar-refractivity contribution is 6.15. The molecular weight excluding hydrogens is 274 g/mol. The van der Waals surface area contributed by atoms with Gasteiger partial charge >= 0.3 is 0 Å². The molecule has 0 bridgehead atoms. The van der Waals surface area contributed by atoms with Gasteiger partial charge in [-0.1, -0.05) is 36.4 Å². The first kappa shape index (κ1) is 14.5. The van der Waals surface area contributed by atoms with Crippen molar-refractivity contribution in [2.75, 3.05) is 13.1 Å². The Bertz CT molecular complexity index is 705. The molecule has 0 aromatic heterocycles. The van der Waals surface area contributed by atoms with Crippen molar-refractivity contribution < 1.29 is 4.79 Å². The van der Waals surface area contributed by atoms with E-state index in [4.69, 9.17) is 5.73 Å². The van der Waals surface area contributed by atoms with Crippen molar-refractivity contribution in [3.8, 4) is 0 Å². The van der Waals surface area contributed by atoms with Crippen molar-refractivity contribution in [3.63, 3.8) is 0 Å². The fourth-order valence-electron chi connectivity index (χ4n) is 2.57. The van der Waals surface area contributed by atoms with Crippen molar-refractivity contribution in [3.05, 3.63) is 70.8 Å². The van der Waals surface area contributed by atoms with Gasteiger partial charge in [-0.3, -0.25) is 9.79 Å². The molecule has 1 aliphatic heterocycles. The Morgan fingerprint density at radius 2 is 1.91 bits per heavy atom. The highest BCUT2D eigenvalue weighted by atomic mass is 16.1. The predicted molar refractivity (Wildman–Crippen MR) is 88.2 cm³/mol. The molecule has 4 nitrogen and oxygen atoms in total. The Hall–Kier alpha value is -2.46. The number of rotatable bonds is 5. The highest BCUT2D eigenvalue weighted by Crippen LogP contribution is 2.22. The van der Waals surface area contributed by atoms with Crippen LogP contribution < -0.4 is 11.1 Å². The summed E-state index contributed by atoms with van der Waals surface area (Å²) in [5.41, 5.74) is 10.6. The average Bonchev–Trinajstić information content (AvgIpc) is 2.99. The molecular formula is C18H19N3O. The monoisotopic (exact) mass is 293 g/mol. The van der Waals surface area contributed by atoms with E-state index in [1.165, 1.54) is 11.1 Å². The number of aliphatic imine (C=N–C) groups is 1. The number of fused-ring (bicyclic) bond motifs is 1. The van der Waals surface area contributed by atoms with Gasteiger partial charge in [0.2, 0.25) is 0 Å². The molecule has 22 heavy (non-hydrogen) atoms. The van der Waals surface area contributed by atoms with Gasteiger partial charge < -0.3 is 11.1 Å². The van der Waals surface area contributed by atoms with Gasteiger partial charge in [-0.05, 0) is 30.7 Å². The van der Waals surface area contributed by atoms with Gasteiger partial charge in [0.25, 0.3) is 5.91 Å². The number of nitrogens with two attached hydrogens (primary N) is 1. The van der Waals surface area contributed by atoms with E-state index in [-0.39, 0.29) is 5.91 Å². The van der Waals surface area contributed by atoms with Crippen LogP contribution in [-0.4, -0.2) is 24.7 Å². The van der Waals surface area contributed by atoms with Crippen molar-refractivity contribution >= 4 is 11.6 Å². The van der Waals surface area contributed by atoms with Crippen LogP contribution in [0.25, 0.3) is 0 Å². The summed E-state index contributed by atoms with van der Waals surface area (Å²) < 4.78 is 0. The van der Waals surface area contributed by atoms with Crippen LogP contribution in [0.15, 0.2) is 53.5 Å². The van der Waals surface area contributed by atoms with Gasteiger partial charge in [0.1, 0.15) is 0 Å². The minimum Gasteiger partial charge on any atom is -0.352 e. The summed E-state index contributed by atoms with van der Waals surface area (Å²) in [4.78, 5) is 16.6. The van der Waals surface area contributed by atoms with Gasteiger partial charge in [0.05, 0.1) is 12.3 Å². The summed E-state index contributed by atoms with van der Waals surface area (Å²) >= 11 is 0. The van der Waals surface area contributed by atoms with Crippen LogP contribution in [0.3, 0.4) is 0 Å². The smallest absolute Gasteiger partial charge is 0.251 e. The normalized spacial score (nSPS) is 12.7. The van der Waals surface area contributed by atoms with Gasteiger partial charge in [-0.25, -0.2) is 0 Å². The van der Waals surface area contributed by atoms with Crippen LogP contribution in [0.1, 0.15) is 33.5 Å². The topological polar surface area (TPSA) is 67.5 Å². The molecule has 112 valence electrons. The number of hydrogen-bond acceptors (Lipinski definition) is 3. The summed E-state index contributed by atoms with van der Waals surface area (Å²) in [6.07, 6.45) is 0.789. The average molecular weight is 293 g/mol. The molecule has 0 spiro atoms. The lowest BCUT2D eigenvalue weighted by Crippen LogP contribution is -2.25. The summed E-state index contributed by atoms with van der Waals surface area (Å²) in [5, 5.41) is 2.86. The van der Waals surface area contributed by atoms with Crippen molar-refractivity contribution in [1.82, 2.24) is 5.32 Å². The molecule has 3 N–H and O–H groups in total. The second kappa shape index (κ2) is 6.54. The third-order valence-electron chi connectivity index (χ3n) is 3.77. The minimum absolute atomic E-state index is 0.0613. The molecule has 0 unspecified atom stereocenters. The first-order valence-corrected chi connectivity index (χ1v) is 7.51. The number of carbonyl (C=O) groups excluding carboxylic acids is 1. The Balaban J connectivity index is 1.74. The maximum atomic E-state index is 12.0. The second-order valence-corrected chi connectivity index (χ2v) is 5.30. The Kier molecular flexibility index (Phi) is 4.30. The van der Waals surface area contributed by atoms with Crippen LogP contribution >= 0.6 is 0 Å². The van der Waals surface area contributed by atoms with E-state index in [1.54, 1.807) is 0 Å². The van der Waals surface area contributed by atoms with Crippen molar-refractivity contribution in [2.24, 2.45) is 10.7 Å². The Labute approximate surface area is 130 Å². The quantitative estimate of drug-likeness (QED) is 0.829. The number of amides is 1. The lowest BCUT2D eigenvalue weighted by molar-refractivity contribution is 0.0953. The molecule has 4 heteroatoms. The van der Waals surface area contributed by atoms with E-state index in [2.05, 4.69) is 22.4 Å². The lowest BCUT2D eigenvalue weighted by atomic mass is 9.99. The molecule has 1 heterocycles. The number of benzene rings is 2. The van der Waals surface area contributed by atoms with E-state index in [0.717, 1.165) is 24.2 Å². The van der Waals surface area contributed by atoms with E-state index >= 15 is 0 Å². The number of hydrogen-bond donors (Lipinski definition) is 2. The number of nitrogens with zero attached hydrogens (tertiary/aromatic N) is 1. The molecule has 0 saturated heterocycles. The van der Waals surface area contributed by atoms with Gasteiger partial charge in [-0.2, -0.15) is 0 Å². The SMILES string of the molecule is NCCCNC(=O)c1ccc(C2=NCc3ccccc32)cc1. The molecule has 0 fully saturated rings. The van der Waals surface area contributed by atoms with Gasteiger partial charge in [-0.15, -0.1) is 0 Å². The molecule has 0 saturated carbocycles. The van der Waals surface area contributed by atoms with E-state index < -0.39 is 0 Å². The third kappa shape index (κ3) is 2.92. The molecule has 3 rings (SSSR count). The number of nitrogens with one attached hydrogen (secondary N) is 1. The first-order valence-electron chi connectivity index (χ1n) is 7.51. The highest BCUT2D eigenvalue weighted by Gasteiger charge is 2.16. The molecule has 0 atom stereocenters. The van der Waals surface area contributed by atoms with E-state index in [9.17, 15) is 4.79 Å². The molecule has 0 aliphatic carbocycles. The van der Waals surface area contributed by atoms with Gasteiger partial charge in [0, 0.05) is 23.2 Å². The zero-order chi connectivity index (χ0) is 15.4. The van der Waals surface area contributed by atoms with Gasteiger partial charge in [0.15, 0.2) is 0 Å². The minimum atomic E-state index is -0.0613. The second-order valence-electron chi connectivity index (χ2n) is 5.30. The lowest BCUT2D eigenvalue weighted by Gasteiger charge is -2.07. The van der Waals surface area contributed by atoms with Crippen molar-refractivity contribution in [1.29, 1.82) is 0 Å². The van der Waals surface area contributed by atoms with Crippen LogP contribution in [0.5, 0.6) is 0 Å². The fourth-order valence-corrected chi connectivity index (χ4v) is 2.57. The predicted octanol–water partition coefficient (Wildman–Crippen LogP) is 2.12. The summed E-state index contributed by atoms with van der Waals surface area (Å²) in [7, 11) is 0. The molecule has 1 aliphatic rings. The number of carbonyl (C=O) groups is 1. The molecule has 2 aromatic carbocycles. The zero-order valence-corrected chi connectivity index (χ0v) is 12.4. The van der Waals surface area contributed by atoms with Crippen LogP contribution in [-0.2, 0) is 6.54 Å². The van der Waals surface area contributed by atoms with E-state index in [0.29, 0.717) is 18.7 Å². The van der Waals surface area contributed by atoms with Crippen LogP contribution in [0.4, 0.5) is 0 Å².